The summed E-state index contributed by atoms with van der Waals surface area (Å²) in [5.74, 6) is 3.29. The number of nitrogens with one attached hydrogen (secondary N) is 2. The SMILES string of the molecule is CNCc1ccc(CSCCN=C2NS(=O)(=O)N=C2N)o1. The number of rotatable bonds is 7. The van der Waals surface area contributed by atoms with Crippen LogP contribution in [0.3, 0.4) is 0 Å². The van der Waals surface area contributed by atoms with Crippen molar-refractivity contribution in [1.29, 1.82) is 0 Å². The van der Waals surface area contributed by atoms with Gasteiger partial charge in [0.2, 0.25) is 0 Å². The van der Waals surface area contributed by atoms with Crippen LogP contribution in [0, 0.1) is 0 Å². The van der Waals surface area contributed by atoms with Crippen LogP contribution < -0.4 is 15.8 Å². The number of nitrogens with zero attached hydrogens (tertiary/aromatic N) is 2. The van der Waals surface area contributed by atoms with Gasteiger partial charge in [-0.2, -0.15) is 20.2 Å². The molecule has 0 bridgehead atoms. The minimum atomic E-state index is -3.68. The molecule has 0 fully saturated rings. The lowest BCUT2D eigenvalue weighted by Crippen LogP contribution is -2.31. The Morgan fingerprint density at radius 3 is 2.90 bits per heavy atom. The highest BCUT2D eigenvalue weighted by atomic mass is 32.2. The van der Waals surface area contributed by atoms with E-state index in [1.54, 1.807) is 11.8 Å². The summed E-state index contributed by atoms with van der Waals surface area (Å²) >= 11 is 1.64. The molecule has 21 heavy (non-hydrogen) atoms. The first-order valence-electron chi connectivity index (χ1n) is 6.23. The van der Waals surface area contributed by atoms with Crippen LogP contribution in [0.2, 0.25) is 0 Å². The lowest BCUT2D eigenvalue weighted by atomic mass is 10.4. The van der Waals surface area contributed by atoms with Gasteiger partial charge < -0.3 is 15.5 Å². The molecule has 0 spiro atoms. The van der Waals surface area contributed by atoms with Crippen molar-refractivity contribution in [3.8, 4) is 0 Å². The summed E-state index contributed by atoms with van der Waals surface area (Å²) in [4.78, 5) is 4.07. The van der Waals surface area contributed by atoms with Gasteiger partial charge in [-0.05, 0) is 19.2 Å². The average Bonchev–Trinajstić information content (AvgIpc) is 2.94. The van der Waals surface area contributed by atoms with Gasteiger partial charge in [-0.25, -0.2) is 4.72 Å². The monoisotopic (exact) mass is 331 g/mol. The quantitative estimate of drug-likeness (QED) is 0.597. The van der Waals surface area contributed by atoms with Crippen molar-refractivity contribution >= 4 is 33.6 Å². The Kier molecular flexibility index (Phi) is 5.26. The fourth-order valence-electron chi connectivity index (χ4n) is 1.65. The van der Waals surface area contributed by atoms with Gasteiger partial charge in [0, 0.05) is 5.75 Å². The molecule has 0 aromatic carbocycles. The van der Waals surface area contributed by atoms with Crippen LogP contribution in [-0.2, 0) is 22.5 Å². The average molecular weight is 331 g/mol. The molecule has 2 rings (SSSR count). The van der Waals surface area contributed by atoms with Gasteiger partial charge in [-0.3, -0.25) is 4.99 Å². The van der Waals surface area contributed by atoms with Gasteiger partial charge in [0.05, 0.1) is 18.8 Å². The molecule has 116 valence electrons. The number of furan rings is 1. The molecule has 0 atom stereocenters. The van der Waals surface area contributed by atoms with E-state index < -0.39 is 10.2 Å². The fraction of sp³-hybridized carbons (Fsp3) is 0.455. The van der Waals surface area contributed by atoms with Crippen molar-refractivity contribution in [2.24, 2.45) is 15.1 Å². The maximum absolute atomic E-state index is 11.1. The van der Waals surface area contributed by atoms with Gasteiger partial charge >= 0.3 is 10.2 Å². The number of amidine groups is 2. The van der Waals surface area contributed by atoms with E-state index in [4.69, 9.17) is 10.2 Å². The Hall–Kier alpha value is -1.52. The molecular formula is C11H17N5O3S2. The van der Waals surface area contributed by atoms with E-state index in [0.717, 1.165) is 23.0 Å². The van der Waals surface area contributed by atoms with Gasteiger partial charge in [0.25, 0.3) is 0 Å². The number of nitrogens with two attached hydrogens (primary N) is 1. The first-order chi connectivity index (χ1) is 10.00. The Morgan fingerprint density at radius 2 is 2.24 bits per heavy atom. The first-order valence-corrected chi connectivity index (χ1v) is 8.82. The highest BCUT2D eigenvalue weighted by molar-refractivity contribution is 7.98. The number of thioether (sulfide) groups is 1. The summed E-state index contributed by atoms with van der Waals surface area (Å²) in [5, 5.41) is 3.02. The molecule has 10 heteroatoms. The summed E-state index contributed by atoms with van der Waals surface area (Å²) in [6.07, 6.45) is 0. The van der Waals surface area contributed by atoms with Crippen LogP contribution in [0.4, 0.5) is 0 Å². The molecule has 1 aliphatic heterocycles. The molecule has 0 amide bonds. The van der Waals surface area contributed by atoms with Gasteiger partial charge in [0.15, 0.2) is 11.7 Å². The van der Waals surface area contributed by atoms with Crippen LogP contribution in [0.15, 0.2) is 25.9 Å². The fourth-order valence-corrected chi connectivity index (χ4v) is 3.17. The van der Waals surface area contributed by atoms with Crippen LogP contribution >= 0.6 is 11.8 Å². The third kappa shape index (κ3) is 4.76. The van der Waals surface area contributed by atoms with Gasteiger partial charge in [-0.15, -0.1) is 4.40 Å². The molecular weight excluding hydrogens is 314 g/mol. The van der Waals surface area contributed by atoms with Crippen molar-refractivity contribution in [2.75, 3.05) is 19.3 Å². The van der Waals surface area contributed by atoms with Crippen molar-refractivity contribution in [2.45, 2.75) is 12.3 Å². The van der Waals surface area contributed by atoms with E-state index >= 15 is 0 Å². The minimum Gasteiger partial charge on any atom is -0.464 e. The molecule has 4 N–H and O–H groups in total. The third-order valence-electron chi connectivity index (χ3n) is 2.50. The zero-order valence-corrected chi connectivity index (χ0v) is 13.1. The van der Waals surface area contributed by atoms with Crippen molar-refractivity contribution in [3.05, 3.63) is 23.7 Å². The molecule has 0 radical (unpaired) electrons. The zero-order chi connectivity index (χ0) is 15.3. The second-order valence-electron chi connectivity index (χ2n) is 4.23. The molecule has 0 unspecified atom stereocenters. The topological polar surface area (TPSA) is 122 Å². The Labute approximate surface area is 127 Å². The molecule has 0 saturated heterocycles. The Balaban J connectivity index is 1.72. The maximum atomic E-state index is 11.1. The van der Waals surface area contributed by atoms with Crippen LogP contribution in [0.1, 0.15) is 11.5 Å². The lowest BCUT2D eigenvalue weighted by Gasteiger charge is -1.99. The Bertz CT molecular complexity index is 651. The summed E-state index contributed by atoms with van der Waals surface area (Å²) < 4.78 is 33.2. The maximum Gasteiger partial charge on any atom is 0.345 e. The molecule has 0 saturated carbocycles. The summed E-state index contributed by atoms with van der Waals surface area (Å²) in [6, 6.07) is 3.89. The third-order valence-corrected chi connectivity index (χ3v) is 4.35. The molecule has 1 aromatic rings. The van der Waals surface area contributed by atoms with Gasteiger partial charge in [-0.1, -0.05) is 0 Å². The summed E-state index contributed by atoms with van der Waals surface area (Å²) in [5.41, 5.74) is 5.44. The van der Waals surface area contributed by atoms with Crippen molar-refractivity contribution < 1.29 is 12.8 Å². The Morgan fingerprint density at radius 1 is 1.48 bits per heavy atom. The largest absolute Gasteiger partial charge is 0.464 e. The minimum absolute atomic E-state index is 0.0947. The van der Waals surface area contributed by atoms with E-state index in [-0.39, 0.29) is 11.7 Å². The highest BCUT2D eigenvalue weighted by Gasteiger charge is 2.23. The predicted molar refractivity (Wildman–Crippen MR) is 83.6 cm³/mol. The molecule has 1 aliphatic rings. The number of aliphatic imine (C=N–C) groups is 1. The van der Waals surface area contributed by atoms with E-state index in [1.165, 1.54) is 0 Å². The second-order valence-corrected chi connectivity index (χ2v) is 6.68. The molecule has 1 aromatic heterocycles. The lowest BCUT2D eigenvalue weighted by molar-refractivity contribution is 0.469. The van der Waals surface area contributed by atoms with E-state index in [2.05, 4.69) is 19.4 Å². The second kappa shape index (κ2) is 6.96. The molecule has 0 aliphatic carbocycles. The van der Waals surface area contributed by atoms with E-state index in [0.29, 0.717) is 13.1 Å². The number of hydrogen-bond acceptors (Lipinski definition) is 7. The van der Waals surface area contributed by atoms with Crippen molar-refractivity contribution in [1.82, 2.24) is 10.0 Å². The predicted octanol–water partition coefficient (Wildman–Crippen LogP) is -0.164. The summed E-state index contributed by atoms with van der Waals surface area (Å²) in [6.45, 7) is 1.15. The van der Waals surface area contributed by atoms with Crippen LogP contribution in [0.25, 0.3) is 0 Å². The zero-order valence-electron chi connectivity index (χ0n) is 11.5. The van der Waals surface area contributed by atoms with Crippen molar-refractivity contribution in [3.63, 3.8) is 0 Å². The van der Waals surface area contributed by atoms with Crippen LogP contribution in [-0.4, -0.2) is 39.4 Å². The molecule has 2 heterocycles. The van der Waals surface area contributed by atoms with E-state index in [1.807, 2.05) is 19.2 Å². The smallest absolute Gasteiger partial charge is 0.345 e. The standard InChI is InChI=1S/C11H17N5O3S2/c1-13-6-8-2-3-9(19-8)7-20-5-4-14-11-10(12)15-21(17,18)16-11/h2-3,13H,4-7H2,1H3,(H2,12,15)(H,14,16). The van der Waals surface area contributed by atoms with Crippen LogP contribution in [0.5, 0.6) is 0 Å². The highest BCUT2D eigenvalue weighted by Crippen LogP contribution is 2.15. The van der Waals surface area contributed by atoms with E-state index in [9.17, 15) is 8.42 Å². The summed E-state index contributed by atoms with van der Waals surface area (Å²) in [7, 11) is -1.82. The molecule has 8 nitrogen and oxygen atoms in total. The number of hydrogen-bond donors (Lipinski definition) is 3. The van der Waals surface area contributed by atoms with Gasteiger partial charge in [0.1, 0.15) is 11.5 Å². The first kappa shape index (κ1) is 15.9. The normalized spacial score (nSPS) is 18.7.